The summed E-state index contributed by atoms with van der Waals surface area (Å²) in [6, 6.07) is 0. The van der Waals surface area contributed by atoms with Crippen LogP contribution < -0.4 is 0 Å². The van der Waals surface area contributed by atoms with Crippen molar-refractivity contribution in [3.63, 3.8) is 0 Å². The second-order valence-corrected chi connectivity index (χ2v) is 6.97. The van der Waals surface area contributed by atoms with E-state index in [0.717, 1.165) is 12.5 Å². The molecule has 1 heterocycles. The highest BCUT2D eigenvalue weighted by Crippen LogP contribution is 2.13. The van der Waals surface area contributed by atoms with Gasteiger partial charge in [0, 0.05) is 39.8 Å². The highest BCUT2D eigenvalue weighted by atomic mass is 16.5. The monoisotopic (exact) mass is 270 g/mol. The smallest absolute Gasteiger partial charge is 0.0749 e. The van der Waals surface area contributed by atoms with Crippen LogP contribution in [-0.4, -0.2) is 61.8 Å². The van der Waals surface area contributed by atoms with Crippen LogP contribution in [0.5, 0.6) is 0 Å². The number of rotatable bonds is 8. The lowest BCUT2D eigenvalue weighted by Gasteiger charge is -2.38. The average molecular weight is 270 g/mol. The minimum atomic E-state index is -0.0145. The summed E-state index contributed by atoms with van der Waals surface area (Å²) in [5, 5.41) is 0. The zero-order valence-electron chi connectivity index (χ0n) is 13.7. The maximum Gasteiger partial charge on any atom is 0.0749 e. The van der Waals surface area contributed by atoms with Crippen molar-refractivity contribution < 1.29 is 4.74 Å². The molecule has 1 saturated heterocycles. The first-order valence-corrected chi connectivity index (χ1v) is 7.93. The van der Waals surface area contributed by atoms with Crippen molar-refractivity contribution in [2.75, 3.05) is 46.4 Å². The van der Waals surface area contributed by atoms with Gasteiger partial charge in [0.15, 0.2) is 0 Å². The minimum absolute atomic E-state index is 0.0145. The molecule has 0 aromatic carbocycles. The maximum absolute atomic E-state index is 5.51. The molecular formula is C16H34N2O. The molecule has 1 aliphatic heterocycles. The molecule has 0 saturated carbocycles. The standard InChI is InChI=1S/C16H34N2O/c1-15(2)8-6-7-9-17-10-12-18(13-11-17)14-16(3,4)19-5/h15H,6-14H2,1-5H3. The predicted molar refractivity (Wildman–Crippen MR) is 82.7 cm³/mol. The largest absolute Gasteiger partial charge is 0.377 e. The second kappa shape index (κ2) is 8.23. The zero-order chi connectivity index (χ0) is 14.3. The summed E-state index contributed by atoms with van der Waals surface area (Å²) in [7, 11) is 1.81. The third kappa shape index (κ3) is 7.28. The Hall–Kier alpha value is -0.120. The fourth-order valence-corrected chi connectivity index (χ4v) is 2.66. The van der Waals surface area contributed by atoms with Gasteiger partial charge in [-0.3, -0.25) is 4.90 Å². The van der Waals surface area contributed by atoms with Gasteiger partial charge in [0.25, 0.3) is 0 Å². The van der Waals surface area contributed by atoms with E-state index < -0.39 is 0 Å². The Balaban J connectivity index is 2.12. The van der Waals surface area contributed by atoms with Gasteiger partial charge in [-0.2, -0.15) is 0 Å². The first-order chi connectivity index (χ1) is 8.93. The number of hydrogen-bond donors (Lipinski definition) is 0. The lowest BCUT2D eigenvalue weighted by atomic mass is 10.1. The van der Waals surface area contributed by atoms with Gasteiger partial charge in [0.1, 0.15) is 0 Å². The van der Waals surface area contributed by atoms with Gasteiger partial charge in [0.05, 0.1) is 5.60 Å². The Bertz CT molecular complexity index is 233. The Labute approximate surface area is 120 Å². The van der Waals surface area contributed by atoms with Crippen molar-refractivity contribution >= 4 is 0 Å². The van der Waals surface area contributed by atoms with Crippen LogP contribution >= 0.6 is 0 Å². The van der Waals surface area contributed by atoms with Gasteiger partial charge >= 0.3 is 0 Å². The molecule has 0 aromatic heterocycles. The molecule has 0 radical (unpaired) electrons. The van der Waals surface area contributed by atoms with Crippen LogP contribution in [0.1, 0.15) is 47.0 Å². The van der Waals surface area contributed by atoms with Crippen molar-refractivity contribution in [2.24, 2.45) is 5.92 Å². The van der Waals surface area contributed by atoms with E-state index in [0.29, 0.717) is 0 Å². The van der Waals surface area contributed by atoms with E-state index in [1.807, 2.05) is 7.11 Å². The lowest BCUT2D eigenvalue weighted by molar-refractivity contribution is -0.0181. The topological polar surface area (TPSA) is 15.7 Å². The molecule has 0 amide bonds. The third-order valence-corrected chi connectivity index (χ3v) is 4.13. The van der Waals surface area contributed by atoms with E-state index in [9.17, 15) is 0 Å². The normalized spacial score (nSPS) is 19.3. The van der Waals surface area contributed by atoms with Crippen LogP contribution in [0.3, 0.4) is 0 Å². The first kappa shape index (κ1) is 16.9. The Morgan fingerprint density at radius 3 is 2.11 bits per heavy atom. The average Bonchev–Trinajstić information content (AvgIpc) is 2.36. The fraction of sp³-hybridized carbons (Fsp3) is 1.00. The molecule has 0 bridgehead atoms. The van der Waals surface area contributed by atoms with E-state index in [4.69, 9.17) is 4.74 Å². The van der Waals surface area contributed by atoms with Gasteiger partial charge in [-0.1, -0.05) is 26.7 Å². The van der Waals surface area contributed by atoms with Crippen LogP contribution in [0.2, 0.25) is 0 Å². The molecular weight excluding hydrogens is 236 g/mol. The summed E-state index contributed by atoms with van der Waals surface area (Å²) in [6.07, 6.45) is 4.12. The molecule has 0 aliphatic carbocycles. The van der Waals surface area contributed by atoms with Gasteiger partial charge in [-0.15, -0.1) is 0 Å². The molecule has 114 valence electrons. The van der Waals surface area contributed by atoms with Crippen molar-refractivity contribution in [3.8, 4) is 0 Å². The Morgan fingerprint density at radius 1 is 1.00 bits per heavy atom. The quantitative estimate of drug-likeness (QED) is 0.631. The predicted octanol–water partition coefficient (Wildman–Crippen LogP) is 2.86. The maximum atomic E-state index is 5.51. The molecule has 0 N–H and O–H groups in total. The van der Waals surface area contributed by atoms with Crippen molar-refractivity contribution in [1.82, 2.24) is 9.80 Å². The van der Waals surface area contributed by atoms with Crippen molar-refractivity contribution in [1.29, 1.82) is 0 Å². The molecule has 0 spiro atoms. The van der Waals surface area contributed by atoms with Crippen molar-refractivity contribution in [3.05, 3.63) is 0 Å². The minimum Gasteiger partial charge on any atom is -0.377 e. The van der Waals surface area contributed by atoms with E-state index in [1.165, 1.54) is 52.0 Å². The summed E-state index contributed by atoms with van der Waals surface area (Å²) < 4.78 is 5.51. The van der Waals surface area contributed by atoms with Crippen molar-refractivity contribution in [2.45, 2.75) is 52.6 Å². The number of methoxy groups -OCH3 is 1. The van der Waals surface area contributed by atoms with Gasteiger partial charge in [-0.05, 0) is 32.7 Å². The van der Waals surface area contributed by atoms with Crippen LogP contribution in [-0.2, 0) is 4.74 Å². The van der Waals surface area contributed by atoms with Crippen LogP contribution in [0.25, 0.3) is 0 Å². The molecule has 1 aliphatic rings. The summed E-state index contributed by atoms with van der Waals surface area (Å²) in [5.74, 6) is 0.855. The van der Waals surface area contributed by atoms with E-state index in [-0.39, 0.29) is 5.60 Å². The molecule has 1 fully saturated rings. The number of unbranched alkanes of at least 4 members (excludes halogenated alkanes) is 1. The summed E-state index contributed by atoms with van der Waals surface area (Å²) in [5.41, 5.74) is -0.0145. The second-order valence-electron chi connectivity index (χ2n) is 6.97. The lowest BCUT2D eigenvalue weighted by Crippen LogP contribution is -2.50. The van der Waals surface area contributed by atoms with E-state index >= 15 is 0 Å². The molecule has 1 rings (SSSR count). The number of nitrogens with zero attached hydrogens (tertiary/aromatic N) is 2. The van der Waals surface area contributed by atoms with E-state index in [2.05, 4.69) is 37.5 Å². The summed E-state index contributed by atoms with van der Waals surface area (Å²) in [4.78, 5) is 5.16. The molecule has 0 atom stereocenters. The molecule has 3 nitrogen and oxygen atoms in total. The third-order valence-electron chi connectivity index (χ3n) is 4.13. The molecule has 0 unspecified atom stereocenters. The van der Waals surface area contributed by atoms with Gasteiger partial charge in [0.2, 0.25) is 0 Å². The molecule has 19 heavy (non-hydrogen) atoms. The van der Waals surface area contributed by atoms with Gasteiger partial charge < -0.3 is 9.64 Å². The highest BCUT2D eigenvalue weighted by Gasteiger charge is 2.24. The molecule has 0 aromatic rings. The number of piperazine rings is 1. The Kier molecular flexibility index (Phi) is 7.33. The SMILES string of the molecule is COC(C)(C)CN1CCN(CCCCC(C)C)CC1. The fourth-order valence-electron chi connectivity index (χ4n) is 2.66. The number of ether oxygens (including phenoxy) is 1. The van der Waals surface area contributed by atoms with Crippen LogP contribution in [0, 0.1) is 5.92 Å². The van der Waals surface area contributed by atoms with Crippen LogP contribution in [0.4, 0.5) is 0 Å². The first-order valence-electron chi connectivity index (χ1n) is 7.93. The van der Waals surface area contributed by atoms with E-state index in [1.54, 1.807) is 0 Å². The summed E-state index contributed by atoms with van der Waals surface area (Å²) >= 11 is 0. The Morgan fingerprint density at radius 2 is 1.58 bits per heavy atom. The van der Waals surface area contributed by atoms with Gasteiger partial charge in [-0.25, -0.2) is 0 Å². The zero-order valence-corrected chi connectivity index (χ0v) is 13.7. The highest BCUT2D eigenvalue weighted by molar-refractivity contribution is 4.79. The summed E-state index contributed by atoms with van der Waals surface area (Å²) in [6.45, 7) is 16.1. The number of hydrogen-bond acceptors (Lipinski definition) is 3. The van der Waals surface area contributed by atoms with Crippen LogP contribution in [0.15, 0.2) is 0 Å². The molecule has 3 heteroatoms.